The van der Waals surface area contributed by atoms with Crippen molar-refractivity contribution in [1.29, 1.82) is 0 Å². The van der Waals surface area contributed by atoms with Crippen molar-refractivity contribution in [3.63, 3.8) is 0 Å². The van der Waals surface area contributed by atoms with Gasteiger partial charge in [0.1, 0.15) is 11.6 Å². The van der Waals surface area contributed by atoms with Gasteiger partial charge in [0, 0.05) is 25.7 Å². The highest BCUT2D eigenvalue weighted by molar-refractivity contribution is 5.83. The Morgan fingerprint density at radius 2 is 1.55 bits per heavy atom. The summed E-state index contributed by atoms with van der Waals surface area (Å²) < 4.78 is 0. The van der Waals surface area contributed by atoms with Gasteiger partial charge >= 0.3 is 0 Å². The molecule has 1 aliphatic carbocycles. The summed E-state index contributed by atoms with van der Waals surface area (Å²) in [5.74, 6) is 1.66. The van der Waals surface area contributed by atoms with Crippen LogP contribution in [0.4, 0.5) is 0 Å². The number of allylic oxidation sites excluding steroid dienone is 4. The van der Waals surface area contributed by atoms with Gasteiger partial charge in [0.2, 0.25) is 0 Å². The predicted octanol–water partition coefficient (Wildman–Crippen LogP) is 5.28. The quantitative estimate of drug-likeness (QED) is 0.660. The number of ketones is 2. The van der Waals surface area contributed by atoms with E-state index in [9.17, 15) is 9.59 Å². The molecule has 0 amide bonds. The molecule has 1 aliphatic rings. The minimum Gasteiger partial charge on any atom is -0.300 e. The summed E-state index contributed by atoms with van der Waals surface area (Å²) in [6, 6.07) is 0. The maximum Gasteiger partial charge on any atom is 0.137 e. The first-order valence-corrected chi connectivity index (χ1v) is 8.67. The summed E-state index contributed by atoms with van der Waals surface area (Å²) in [4.78, 5) is 24.2. The monoisotopic (exact) mass is 304 g/mol. The SMILES string of the molecule is CC1=CC=C(C(C)C)CCC(C)CC(=O)CC(C)CC(=O)C1. The van der Waals surface area contributed by atoms with Crippen molar-refractivity contribution in [1.82, 2.24) is 0 Å². The van der Waals surface area contributed by atoms with Crippen molar-refractivity contribution in [2.45, 2.75) is 73.1 Å². The van der Waals surface area contributed by atoms with Crippen LogP contribution in [-0.2, 0) is 9.59 Å². The standard InChI is InChI=1S/C20H32O2/c1-14(2)18-8-6-15(3)10-19(21)12-17(5)13-20(22)11-16(4)7-9-18/h6,8,14,16-17H,7,9-13H2,1-5H3. The minimum atomic E-state index is 0.171. The van der Waals surface area contributed by atoms with E-state index in [-0.39, 0.29) is 11.7 Å². The van der Waals surface area contributed by atoms with Crippen LogP contribution in [0.3, 0.4) is 0 Å². The van der Waals surface area contributed by atoms with E-state index in [2.05, 4.69) is 32.9 Å². The first kappa shape index (κ1) is 18.9. The summed E-state index contributed by atoms with van der Waals surface area (Å²) in [6.07, 6.45) is 8.64. The van der Waals surface area contributed by atoms with E-state index in [4.69, 9.17) is 0 Å². The molecule has 0 N–H and O–H groups in total. The van der Waals surface area contributed by atoms with Gasteiger partial charge in [-0.2, -0.15) is 0 Å². The fraction of sp³-hybridized carbons (Fsp3) is 0.700. The van der Waals surface area contributed by atoms with Crippen LogP contribution >= 0.6 is 0 Å². The molecule has 0 bridgehead atoms. The lowest BCUT2D eigenvalue weighted by Gasteiger charge is -2.17. The Morgan fingerprint density at radius 3 is 2.18 bits per heavy atom. The van der Waals surface area contributed by atoms with Gasteiger partial charge in [-0.15, -0.1) is 0 Å². The number of hydrogen-bond acceptors (Lipinski definition) is 2. The molecule has 0 aromatic rings. The van der Waals surface area contributed by atoms with Gasteiger partial charge in [0.05, 0.1) is 0 Å². The molecule has 2 nitrogen and oxygen atoms in total. The lowest BCUT2D eigenvalue weighted by Crippen LogP contribution is -2.13. The molecule has 2 atom stereocenters. The molecule has 2 heteroatoms. The van der Waals surface area contributed by atoms with Crippen molar-refractivity contribution < 1.29 is 9.59 Å². The first-order chi connectivity index (χ1) is 10.3. The fourth-order valence-electron chi connectivity index (χ4n) is 3.09. The normalized spacial score (nSPS) is 26.5. The van der Waals surface area contributed by atoms with E-state index in [1.54, 1.807) is 0 Å². The third-order valence-corrected chi connectivity index (χ3v) is 4.45. The van der Waals surface area contributed by atoms with Crippen molar-refractivity contribution >= 4 is 11.6 Å². The van der Waals surface area contributed by atoms with E-state index in [1.165, 1.54) is 5.57 Å². The molecule has 0 saturated carbocycles. The van der Waals surface area contributed by atoms with Gasteiger partial charge in [-0.3, -0.25) is 9.59 Å². The fourth-order valence-corrected chi connectivity index (χ4v) is 3.09. The van der Waals surface area contributed by atoms with E-state index in [0.717, 1.165) is 18.4 Å². The molecule has 0 fully saturated rings. The van der Waals surface area contributed by atoms with Crippen molar-refractivity contribution in [3.8, 4) is 0 Å². The second kappa shape index (κ2) is 9.07. The number of Topliss-reactive ketones (excluding diaryl/α,β-unsaturated/α-hetero) is 2. The topological polar surface area (TPSA) is 34.1 Å². The zero-order chi connectivity index (χ0) is 16.7. The number of rotatable bonds is 1. The molecule has 22 heavy (non-hydrogen) atoms. The highest BCUT2D eigenvalue weighted by Crippen LogP contribution is 2.23. The third kappa shape index (κ3) is 7.20. The van der Waals surface area contributed by atoms with Crippen LogP contribution in [0.15, 0.2) is 23.3 Å². The molecule has 0 radical (unpaired) electrons. The highest BCUT2D eigenvalue weighted by atomic mass is 16.1. The molecule has 124 valence electrons. The van der Waals surface area contributed by atoms with Crippen LogP contribution in [-0.4, -0.2) is 11.6 Å². The summed E-state index contributed by atoms with van der Waals surface area (Å²) in [6.45, 7) is 10.6. The highest BCUT2D eigenvalue weighted by Gasteiger charge is 2.17. The van der Waals surface area contributed by atoms with Crippen LogP contribution < -0.4 is 0 Å². The third-order valence-electron chi connectivity index (χ3n) is 4.45. The Labute approximate surface area is 136 Å². The summed E-state index contributed by atoms with van der Waals surface area (Å²) >= 11 is 0. The van der Waals surface area contributed by atoms with E-state index in [1.807, 2.05) is 13.8 Å². The van der Waals surface area contributed by atoms with E-state index >= 15 is 0 Å². The number of carbonyl (C=O) groups excluding carboxylic acids is 2. The van der Waals surface area contributed by atoms with Gasteiger partial charge in [0.15, 0.2) is 0 Å². The molecule has 2 unspecified atom stereocenters. The summed E-state index contributed by atoms with van der Waals surface area (Å²) in [7, 11) is 0. The van der Waals surface area contributed by atoms with Crippen LogP contribution in [0.2, 0.25) is 0 Å². The maximum absolute atomic E-state index is 12.1. The molecule has 0 aromatic heterocycles. The number of hydrogen-bond donors (Lipinski definition) is 0. The molecule has 0 aliphatic heterocycles. The van der Waals surface area contributed by atoms with E-state index < -0.39 is 0 Å². The Hall–Kier alpha value is -1.18. The summed E-state index contributed by atoms with van der Waals surface area (Å²) in [5.41, 5.74) is 2.53. The average molecular weight is 304 g/mol. The minimum absolute atomic E-state index is 0.171. The lowest BCUT2D eigenvalue weighted by molar-refractivity contribution is -0.121. The molecule has 0 spiro atoms. The maximum atomic E-state index is 12.1. The zero-order valence-electron chi connectivity index (χ0n) is 14.9. The zero-order valence-corrected chi connectivity index (χ0v) is 14.9. The second-order valence-electron chi connectivity index (χ2n) is 7.52. The molecule has 0 saturated heterocycles. The van der Waals surface area contributed by atoms with Crippen molar-refractivity contribution in [2.75, 3.05) is 0 Å². The molecular formula is C20H32O2. The molecule has 0 aromatic carbocycles. The Kier molecular flexibility index (Phi) is 7.78. The Morgan fingerprint density at radius 1 is 0.955 bits per heavy atom. The largest absolute Gasteiger partial charge is 0.300 e. The van der Waals surface area contributed by atoms with Crippen molar-refractivity contribution in [2.24, 2.45) is 17.8 Å². The van der Waals surface area contributed by atoms with Gasteiger partial charge in [0.25, 0.3) is 0 Å². The van der Waals surface area contributed by atoms with Gasteiger partial charge in [-0.25, -0.2) is 0 Å². The number of carbonyl (C=O) groups is 2. The van der Waals surface area contributed by atoms with Crippen LogP contribution in [0, 0.1) is 17.8 Å². The first-order valence-electron chi connectivity index (χ1n) is 8.67. The summed E-state index contributed by atoms with van der Waals surface area (Å²) in [5, 5.41) is 0. The lowest BCUT2D eigenvalue weighted by atomic mass is 9.88. The van der Waals surface area contributed by atoms with Crippen LogP contribution in [0.25, 0.3) is 0 Å². The molecular weight excluding hydrogens is 272 g/mol. The second-order valence-corrected chi connectivity index (χ2v) is 7.52. The van der Waals surface area contributed by atoms with Crippen LogP contribution in [0.5, 0.6) is 0 Å². The smallest absolute Gasteiger partial charge is 0.137 e. The Bertz CT molecular complexity index is 454. The average Bonchev–Trinajstić information content (AvgIpc) is 2.36. The van der Waals surface area contributed by atoms with Crippen molar-refractivity contribution in [3.05, 3.63) is 23.3 Å². The van der Waals surface area contributed by atoms with Crippen LogP contribution in [0.1, 0.15) is 73.1 Å². The molecule has 1 rings (SSSR count). The molecule has 0 heterocycles. The predicted molar refractivity (Wildman–Crippen MR) is 92.7 cm³/mol. The Balaban J connectivity index is 2.92. The van der Waals surface area contributed by atoms with Gasteiger partial charge < -0.3 is 0 Å². The van der Waals surface area contributed by atoms with E-state index in [0.29, 0.717) is 43.3 Å². The van der Waals surface area contributed by atoms with Gasteiger partial charge in [-0.1, -0.05) is 51.0 Å². The van der Waals surface area contributed by atoms with Gasteiger partial charge in [-0.05, 0) is 37.5 Å².